The number of hydrogen-bond donors (Lipinski definition) is 2. The third-order valence-corrected chi connectivity index (χ3v) is 4.67. The summed E-state index contributed by atoms with van der Waals surface area (Å²) < 4.78 is 1.49. The molecule has 0 saturated carbocycles. The maximum absolute atomic E-state index is 10.8. The lowest BCUT2D eigenvalue weighted by molar-refractivity contribution is 0.0702. The number of rotatable bonds is 5. The zero-order chi connectivity index (χ0) is 14.0. The molecule has 0 bridgehead atoms. The predicted molar refractivity (Wildman–Crippen MR) is 75.1 cm³/mol. The Kier molecular flexibility index (Phi) is 4.11. The molecule has 102 valence electrons. The number of nitrogens with zero attached hydrogens (tertiary/aromatic N) is 3. The number of carboxylic acids is 1. The molecule has 0 aliphatic rings. The number of hydrogen-bond acceptors (Lipinski definition) is 6. The summed E-state index contributed by atoms with van der Waals surface area (Å²) in [6.45, 7) is 4.00. The average Bonchev–Trinajstić information content (AvgIpc) is 2.93. The molecule has 2 aromatic heterocycles. The summed E-state index contributed by atoms with van der Waals surface area (Å²) in [5, 5.41) is 17.6. The van der Waals surface area contributed by atoms with Gasteiger partial charge in [-0.2, -0.15) is 0 Å². The van der Waals surface area contributed by atoms with E-state index in [0.29, 0.717) is 15.8 Å². The Morgan fingerprint density at radius 3 is 2.79 bits per heavy atom. The predicted octanol–water partition coefficient (Wildman–Crippen LogP) is 2.17. The molecule has 0 spiro atoms. The van der Waals surface area contributed by atoms with E-state index in [4.69, 9.17) is 10.9 Å². The molecule has 0 atom stereocenters. The number of thioether (sulfide) groups is 1. The molecule has 2 rings (SSSR count). The molecule has 2 aromatic rings. The molecule has 0 unspecified atom stereocenters. The summed E-state index contributed by atoms with van der Waals surface area (Å²) in [6, 6.07) is 3.41. The number of aromatic nitrogens is 3. The first kappa shape index (κ1) is 13.9. The fourth-order valence-corrected chi connectivity index (χ4v) is 3.24. The summed E-state index contributed by atoms with van der Waals surface area (Å²) in [5.41, 5.74) is 0. The van der Waals surface area contributed by atoms with E-state index in [0.717, 1.165) is 10.7 Å². The van der Waals surface area contributed by atoms with E-state index < -0.39 is 5.97 Å². The van der Waals surface area contributed by atoms with Crippen molar-refractivity contribution in [3.8, 4) is 0 Å². The van der Waals surface area contributed by atoms with Crippen molar-refractivity contribution in [1.29, 1.82) is 0 Å². The fourth-order valence-electron chi connectivity index (χ4n) is 1.49. The van der Waals surface area contributed by atoms with Crippen LogP contribution < -0.4 is 5.84 Å². The van der Waals surface area contributed by atoms with Crippen LogP contribution in [0.4, 0.5) is 0 Å². The molecule has 3 N–H and O–H groups in total. The molecule has 0 aliphatic heterocycles. The number of carboxylic acid groups (broad SMARTS) is 1. The van der Waals surface area contributed by atoms with E-state index in [1.807, 2.05) is 19.9 Å². The Labute approximate surface area is 118 Å². The lowest BCUT2D eigenvalue weighted by Gasteiger charge is -2.04. The summed E-state index contributed by atoms with van der Waals surface area (Å²) in [7, 11) is 0. The number of carbonyl (C=O) groups is 1. The van der Waals surface area contributed by atoms with Gasteiger partial charge in [-0.25, -0.2) is 9.47 Å². The maximum Gasteiger partial charge on any atom is 0.345 e. The van der Waals surface area contributed by atoms with Gasteiger partial charge in [0.15, 0.2) is 5.82 Å². The molecule has 8 heteroatoms. The summed E-state index contributed by atoms with van der Waals surface area (Å²) in [6.07, 6.45) is 0. The Balaban J connectivity index is 2.04. The second-order valence-corrected chi connectivity index (χ2v) is 6.34. The van der Waals surface area contributed by atoms with Gasteiger partial charge >= 0.3 is 5.97 Å². The van der Waals surface area contributed by atoms with E-state index in [9.17, 15) is 4.79 Å². The minimum absolute atomic E-state index is 0.215. The molecule has 0 radical (unpaired) electrons. The molecular weight excluding hydrogens is 284 g/mol. The number of nitrogen functional groups attached to an aromatic ring is 1. The molecule has 0 fully saturated rings. The van der Waals surface area contributed by atoms with Crippen LogP contribution in [0.2, 0.25) is 0 Å². The highest BCUT2D eigenvalue weighted by molar-refractivity contribution is 7.98. The van der Waals surface area contributed by atoms with Crippen LogP contribution in [0.25, 0.3) is 0 Å². The molecular formula is C11H14N4O2S2. The molecule has 0 amide bonds. The Bertz CT molecular complexity index is 591. The van der Waals surface area contributed by atoms with Crippen LogP contribution in [0.3, 0.4) is 0 Å². The third-order valence-electron chi connectivity index (χ3n) is 2.42. The van der Waals surface area contributed by atoms with Gasteiger partial charge in [-0.05, 0) is 12.1 Å². The van der Waals surface area contributed by atoms with Gasteiger partial charge in [-0.3, -0.25) is 0 Å². The molecule has 0 aliphatic carbocycles. The highest BCUT2D eigenvalue weighted by atomic mass is 32.2. The zero-order valence-electron chi connectivity index (χ0n) is 10.5. The van der Waals surface area contributed by atoms with Gasteiger partial charge < -0.3 is 10.9 Å². The zero-order valence-corrected chi connectivity index (χ0v) is 12.2. The first-order chi connectivity index (χ1) is 8.99. The van der Waals surface area contributed by atoms with Crippen LogP contribution in [-0.4, -0.2) is 25.9 Å². The lowest BCUT2D eigenvalue weighted by atomic mass is 10.2. The van der Waals surface area contributed by atoms with Crippen molar-refractivity contribution in [1.82, 2.24) is 14.9 Å². The van der Waals surface area contributed by atoms with Crippen LogP contribution in [0, 0.1) is 0 Å². The second kappa shape index (κ2) is 5.62. The van der Waals surface area contributed by atoms with Crippen molar-refractivity contribution in [2.45, 2.75) is 30.7 Å². The van der Waals surface area contributed by atoms with Gasteiger partial charge in [0.25, 0.3) is 0 Å². The van der Waals surface area contributed by atoms with E-state index in [-0.39, 0.29) is 5.92 Å². The van der Waals surface area contributed by atoms with Gasteiger partial charge in [0.2, 0.25) is 5.16 Å². The quantitative estimate of drug-likeness (QED) is 0.649. The van der Waals surface area contributed by atoms with E-state index in [2.05, 4.69) is 10.2 Å². The van der Waals surface area contributed by atoms with Gasteiger partial charge in [-0.15, -0.1) is 21.5 Å². The fraction of sp³-hybridized carbons (Fsp3) is 0.364. The molecule has 0 saturated heterocycles. The molecule has 19 heavy (non-hydrogen) atoms. The molecule has 0 aromatic carbocycles. The second-order valence-electron chi connectivity index (χ2n) is 4.23. The van der Waals surface area contributed by atoms with Gasteiger partial charge in [-0.1, -0.05) is 25.6 Å². The van der Waals surface area contributed by atoms with Crippen molar-refractivity contribution >= 4 is 29.1 Å². The maximum atomic E-state index is 10.8. The van der Waals surface area contributed by atoms with Crippen LogP contribution in [0.5, 0.6) is 0 Å². The smallest absolute Gasteiger partial charge is 0.345 e. The van der Waals surface area contributed by atoms with E-state index >= 15 is 0 Å². The summed E-state index contributed by atoms with van der Waals surface area (Å²) in [5.74, 6) is 6.59. The average molecular weight is 298 g/mol. The Morgan fingerprint density at radius 1 is 1.53 bits per heavy atom. The Hall–Kier alpha value is -1.54. The SMILES string of the molecule is CC(C)c1nnc(SCc2ccc(C(=O)O)s2)n1N. The molecule has 6 nitrogen and oxygen atoms in total. The normalized spacial score (nSPS) is 11.1. The molecule has 2 heterocycles. The van der Waals surface area contributed by atoms with Crippen molar-refractivity contribution in [3.05, 3.63) is 27.7 Å². The number of thiophene rings is 1. The van der Waals surface area contributed by atoms with Crippen molar-refractivity contribution in [3.63, 3.8) is 0 Å². The monoisotopic (exact) mass is 298 g/mol. The summed E-state index contributed by atoms with van der Waals surface area (Å²) >= 11 is 2.71. The number of aromatic carboxylic acids is 1. The largest absolute Gasteiger partial charge is 0.477 e. The minimum atomic E-state index is -0.898. The third kappa shape index (κ3) is 3.07. The lowest BCUT2D eigenvalue weighted by Crippen LogP contribution is -2.14. The van der Waals surface area contributed by atoms with Crippen LogP contribution in [0.15, 0.2) is 17.3 Å². The Morgan fingerprint density at radius 2 is 2.26 bits per heavy atom. The van der Waals surface area contributed by atoms with Gasteiger partial charge in [0.05, 0.1) is 0 Å². The van der Waals surface area contributed by atoms with Crippen molar-refractivity contribution < 1.29 is 9.90 Å². The topological polar surface area (TPSA) is 94.0 Å². The van der Waals surface area contributed by atoms with Crippen LogP contribution in [0.1, 0.15) is 40.1 Å². The highest BCUT2D eigenvalue weighted by Gasteiger charge is 2.14. The van der Waals surface area contributed by atoms with E-state index in [1.54, 1.807) is 6.07 Å². The highest BCUT2D eigenvalue weighted by Crippen LogP contribution is 2.26. The minimum Gasteiger partial charge on any atom is -0.477 e. The first-order valence-corrected chi connectivity index (χ1v) is 7.44. The van der Waals surface area contributed by atoms with Gasteiger partial charge in [0.1, 0.15) is 4.88 Å². The summed E-state index contributed by atoms with van der Waals surface area (Å²) in [4.78, 5) is 12.1. The standard InChI is InChI=1S/C11H14N4O2S2/c1-6(2)9-13-14-11(15(9)12)18-5-7-3-4-8(19-7)10(16)17/h3-4,6H,5,12H2,1-2H3,(H,16,17). The van der Waals surface area contributed by atoms with Crippen LogP contribution >= 0.6 is 23.1 Å². The van der Waals surface area contributed by atoms with Gasteiger partial charge in [0, 0.05) is 16.5 Å². The van der Waals surface area contributed by atoms with E-state index in [1.165, 1.54) is 27.8 Å². The number of nitrogens with two attached hydrogens (primary N) is 1. The van der Waals surface area contributed by atoms with Crippen molar-refractivity contribution in [2.24, 2.45) is 0 Å². The van der Waals surface area contributed by atoms with Crippen LogP contribution in [-0.2, 0) is 5.75 Å². The first-order valence-electron chi connectivity index (χ1n) is 5.64. The van der Waals surface area contributed by atoms with Crippen molar-refractivity contribution in [2.75, 3.05) is 5.84 Å².